The summed E-state index contributed by atoms with van der Waals surface area (Å²) in [5.41, 5.74) is 0. The number of ether oxygens (including phenoxy) is 2. The van der Waals surface area contributed by atoms with Gasteiger partial charge in [-0.3, -0.25) is 0 Å². The van der Waals surface area contributed by atoms with E-state index < -0.39 is 10.0 Å². The Morgan fingerprint density at radius 1 is 1.32 bits per heavy atom. The molecule has 1 saturated heterocycles. The monoisotopic (exact) mass is 291 g/mol. The van der Waals surface area contributed by atoms with Crippen molar-refractivity contribution in [3.05, 3.63) is 0 Å². The molecule has 0 spiro atoms. The summed E-state index contributed by atoms with van der Waals surface area (Å²) >= 11 is 0. The van der Waals surface area contributed by atoms with Crippen molar-refractivity contribution in [1.82, 2.24) is 4.31 Å². The maximum absolute atomic E-state index is 12.4. The lowest BCUT2D eigenvalue weighted by Crippen LogP contribution is -2.47. The third-order valence-corrected chi connectivity index (χ3v) is 6.07. The molecule has 0 aromatic carbocycles. The van der Waals surface area contributed by atoms with Gasteiger partial charge in [0.1, 0.15) is 0 Å². The van der Waals surface area contributed by atoms with Crippen molar-refractivity contribution >= 4 is 10.0 Å². The van der Waals surface area contributed by atoms with Crippen LogP contribution in [0.5, 0.6) is 0 Å². The van der Waals surface area contributed by atoms with Crippen LogP contribution in [0.15, 0.2) is 0 Å². The summed E-state index contributed by atoms with van der Waals surface area (Å²) < 4.78 is 37.0. The van der Waals surface area contributed by atoms with Crippen molar-refractivity contribution < 1.29 is 17.9 Å². The molecule has 0 radical (unpaired) electrons. The van der Waals surface area contributed by atoms with Gasteiger partial charge in [0.2, 0.25) is 10.0 Å². The van der Waals surface area contributed by atoms with Crippen molar-refractivity contribution in [1.29, 1.82) is 0 Å². The summed E-state index contributed by atoms with van der Waals surface area (Å²) in [6.07, 6.45) is 5.23. The second kappa shape index (κ2) is 7.02. The molecule has 1 unspecified atom stereocenters. The van der Waals surface area contributed by atoms with Gasteiger partial charge in [-0.1, -0.05) is 12.8 Å². The highest BCUT2D eigenvalue weighted by atomic mass is 32.2. The molecule has 0 bridgehead atoms. The van der Waals surface area contributed by atoms with E-state index in [0.717, 1.165) is 19.3 Å². The minimum atomic E-state index is -3.11. The lowest BCUT2D eigenvalue weighted by atomic mass is 10.1. The molecule has 2 aliphatic rings. The molecule has 1 aliphatic heterocycles. The topological polar surface area (TPSA) is 55.8 Å². The van der Waals surface area contributed by atoms with E-state index in [4.69, 9.17) is 9.47 Å². The Balaban J connectivity index is 1.87. The zero-order valence-corrected chi connectivity index (χ0v) is 12.5. The van der Waals surface area contributed by atoms with Gasteiger partial charge in [0, 0.05) is 26.8 Å². The van der Waals surface area contributed by atoms with Gasteiger partial charge in [0.05, 0.1) is 18.5 Å². The summed E-state index contributed by atoms with van der Waals surface area (Å²) in [7, 11) is -1.46. The molecular formula is C13H25NO4S. The molecule has 0 aromatic rings. The molecule has 2 fully saturated rings. The van der Waals surface area contributed by atoms with Crippen molar-refractivity contribution in [2.75, 3.05) is 39.2 Å². The Morgan fingerprint density at radius 3 is 2.74 bits per heavy atom. The van der Waals surface area contributed by atoms with Crippen LogP contribution in [-0.4, -0.2) is 58.0 Å². The molecule has 0 N–H and O–H groups in total. The first-order valence-electron chi connectivity index (χ1n) is 7.20. The van der Waals surface area contributed by atoms with E-state index >= 15 is 0 Å². The fourth-order valence-electron chi connectivity index (χ4n) is 2.95. The van der Waals surface area contributed by atoms with Crippen molar-refractivity contribution in [3.8, 4) is 0 Å². The van der Waals surface area contributed by atoms with Gasteiger partial charge in [-0.2, -0.15) is 4.31 Å². The zero-order chi connectivity index (χ0) is 13.7. The lowest BCUT2D eigenvalue weighted by Gasteiger charge is -2.32. The molecule has 1 saturated carbocycles. The van der Waals surface area contributed by atoms with Crippen LogP contribution in [0, 0.1) is 5.92 Å². The zero-order valence-electron chi connectivity index (χ0n) is 11.7. The highest BCUT2D eigenvalue weighted by Crippen LogP contribution is 2.27. The quantitative estimate of drug-likeness (QED) is 0.739. The summed E-state index contributed by atoms with van der Waals surface area (Å²) in [5, 5.41) is 0. The SMILES string of the molecule is COCCC1CN(S(=O)(=O)CC2CCCC2)CCO1. The van der Waals surface area contributed by atoms with Crippen LogP contribution < -0.4 is 0 Å². The number of rotatable bonds is 6. The third kappa shape index (κ3) is 4.41. The van der Waals surface area contributed by atoms with E-state index in [9.17, 15) is 8.42 Å². The molecule has 19 heavy (non-hydrogen) atoms. The van der Waals surface area contributed by atoms with Crippen LogP contribution in [-0.2, 0) is 19.5 Å². The standard InChI is InChI=1S/C13H25NO4S/c1-17-8-6-13-10-14(7-9-18-13)19(15,16)11-12-4-2-3-5-12/h12-13H,2-11H2,1H3. The minimum absolute atomic E-state index is 0.0212. The van der Waals surface area contributed by atoms with E-state index in [1.165, 1.54) is 12.8 Å². The number of methoxy groups -OCH3 is 1. The normalized spacial score (nSPS) is 26.9. The van der Waals surface area contributed by atoms with Crippen molar-refractivity contribution in [3.63, 3.8) is 0 Å². The summed E-state index contributed by atoms with van der Waals surface area (Å²) in [5.74, 6) is 0.689. The van der Waals surface area contributed by atoms with Gasteiger partial charge in [0.15, 0.2) is 0 Å². The lowest BCUT2D eigenvalue weighted by molar-refractivity contribution is -0.0168. The van der Waals surface area contributed by atoms with E-state index in [-0.39, 0.29) is 6.10 Å². The smallest absolute Gasteiger partial charge is 0.214 e. The first kappa shape index (κ1) is 15.2. The average molecular weight is 291 g/mol. The number of sulfonamides is 1. The molecule has 0 aromatic heterocycles. The predicted octanol–water partition coefficient (Wildman–Crippen LogP) is 1.24. The van der Waals surface area contributed by atoms with Gasteiger partial charge in [0.25, 0.3) is 0 Å². The number of hydrogen-bond acceptors (Lipinski definition) is 4. The fourth-order valence-corrected chi connectivity index (χ4v) is 4.84. The molecule has 6 heteroatoms. The minimum Gasteiger partial charge on any atom is -0.385 e. The maximum Gasteiger partial charge on any atom is 0.214 e. The first-order chi connectivity index (χ1) is 9.12. The highest BCUT2D eigenvalue weighted by Gasteiger charge is 2.32. The fraction of sp³-hybridized carbons (Fsp3) is 1.00. The number of nitrogens with zero attached hydrogens (tertiary/aromatic N) is 1. The van der Waals surface area contributed by atoms with Gasteiger partial charge in [-0.15, -0.1) is 0 Å². The Bertz CT molecular complexity index is 365. The van der Waals surface area contributed by atoms with Crippen LogP contribution in [0.1, 0.15) is 32.1 Å². The van der Waals surface area contributed by atoms with Gasteiger partial charge in [-0.25, -0.2) is 8.42 Å². The first-order valence-corrected chi connectivity index (χ1v) is 8.81. The van der Waals surface area contributed by atoms with Crippen LogP contribution in [0.25, 0.3) is 0 Å². The van der Waals surface area contributed by atoms with Crippen LogP contribution >= 0.6 is 0 Å². The Morgan fingerprint density at radius 2 is 2.05 bits per heavy atom. The Kier molecular flexibility index (Phi) is 5.62. The molecule has 2 rings (SSSR count). The Labute approximate surface area is 116 Å². The average Bonchev–Trinajstić information content (AvgIpc) is 2.89. The molecular weight excluding hydrogens is 266 g/mol. The van der Waals surface area contributed by atoms with Crippen LogP contribution in [0.2, 0.25) is 0 Å². The molecule has 1 aliphatic carbocycles. The second-order valence-electron chi connectivity index (χ2n) is 5.56. The summed E-state index contributed by atoms with van der Waals surface area (Å²) in [6, 6.07) is 0. The van der Waals surface area contributed by atoms with Gasteiger partial charge in [-0.05, 0) is 25.2 Å². The van der Waals surface area contributed by atoms with E-state index in [1.807, 2.05) is 0 Å². The Hall–Kier alpha value is -0.170. The second-order valence-corrected chi connectivity index (χ2v) is 7.57. The van der Waals surface area contributed by atoms with Crippen molar-refractivity contribution in [2.24, 2.45) is 5.92 Å². The summed E-state index contributed by atoms with van der Waals surface area (Å²) in [4.78, 5) is 0. The number of hydrogen-bond donors (Lipinski definition) is 0. The summed E-state index contributed by atoms with van der Waals surface area (Å²) in [6.45, 7) is 2.09. The van der Waals surface area contributed by atoms with E-state index in [0.29, 0.717) is 38.0 Å². The maximum atomic E-state index is 12.4. The van der Waals surface area contributed by atoms with E-state index in [1.54, 1.807) is 11.4 Å². The predicted molar refractivity (Wildman–Crippen MR) is 73.6 cm³/mol. The molecule has 112 valence electrons. The van der Waals surface area contributed by atoms with E-state index in [2.05, 4.69) is 0 Å². The third-order valence-electron chi connectivity index (χ3n) is 4.06. The van der Waals surface area contributed by atoms with Crippen molar-refractivity contribution in [2.45, 2.75) is 38.2 Å². The number of morpholine rings is 1. The van der Waals surface area contributed by atoms with Gasteiger partial charge >= 0.3 is 0 Å². The molecule has 0 amide bonds. The molecule has 5 nitrogen and oxygen atoms in total. The van der Waals surface area contributed by atoms with Crippen LogP contribution in [0.4, 0.5) is 0 Å². The molecule has 1 heterocycles. The van der Waals surface area contributed by atoms with Gasteiger partial charge < -0.3 is 9.47 Å². The highest BCUT2D eigenvalue weighted by molar-refractivity contribution is 7.89. The van der Waals surface area contributed by atoms with Crippen LogP contribution in [0.3, 0.4) is 0 Å². The largest absolute Gasteiger partial charge is 0.385 e. The molecule has 1 atom stereocenters.